The van der Waals surface area contributed by atoms with E-state index in [2.05, 4.69) is 21.3 Å². The van der Waals surface area contributed by atoms with Gasteiger partial charge in [-0.05, 0) is 141 Å². The standard InChI is InChI=1S/C70H127N11O14S/c1-27-29-32-45(13)57(82)56-61(86)73-48(28-2)63(88)79(24)53(39-96-34-31-30-33-69(16,17)94)66(91)78(23)52(38-70(18,19)95)60(85)74-54(43(9)10)67(92)75(20)49(35-40(3)4)59(84)71-46(14)58(83)72-47(15)62(87)76(21)50(36-41(5)6)64(89)77(22)51(37-42(7)8)65(90)80(25)55(44(11)12)68(93)81(56)26/h27,29,40-57,82,94-95H,28,30-39H2,1-26H3,(H,71,84)(H,72,83)(H,73,86)(H,74,85)/b29-27+/t45-,46+,47-,48+,49+,50+,51+,52+,53+,54+,55+,56+,57-/m1/s1. The van der Waals surface area contributed by atoms with Gasteiger partial charge in [-0.2, -0.15) is 11.8 Å². The van der Waals surface area contributed by atoms with Crippen molar-refractivity contribution in [2.24, 2.45) is 35.5 Å². The summed E-state index contributed by atoms with van der Waals surface area (Å²) in [5, 5.41) is 45.2. The van der Waals surface area contributed by atoms with Crippen molar-refractivity contribution in [3.8, 4) is 0 Å². The second-order valence-electron chi connectivity index (χ2n) is 30.0. The van der Waals surface area contributed by atoms with Gasteiger partial charge < -0.3 is 70.9 Å². The van der Waals surface area contributed by atoms with Crippen LogP contribution in [-0.2, 0) is 52.7 Å². The van der Waals surface area contributed by atoms with Crippen molar-refractivity contribution in [3.63, 3.8) is 0 Å². The van der Waals surface area contributed by atoms with Crippen molar-refractivity contribution in [2.75, 3.05) is 60.8 Å². The average molecular weight is 1380 g/mol. The fraction of sp³-hybridized carbons (Fsp3) is 0.814. The highest BCUT2D eigenvalue weighted by atomic mass is 32.2. The van der Waals surface area contributed by atoms with E-state index in [9.17, 15) is 39.3 Å². The van der Waals surface area contributed by atoms with Crippen LogP contribution in [0.15, 0.2) is 12.2 Å². The van der Waals surface area contributed by atoms with Crippen LogP contribution in [0.2, 0.25) is 0 Å². The number of allylic oxidation sites excluding steroid dienone is 2. The molecule has 11 amide bonds. The van der Waals surface area contributed by atoms with E-state index in [1.165, 1.54) is 113 Å². The van der Waals surface area contributed by atoms with E-state index in [-0.39, 0.29) is 62.0 Å². The molecule has 1 aliphatic rings. The molecule has 1 aliphatic heterocycles. The first-order valence-electron chi connectivity index (χ1n) is 34.5. The number of aliphatic hydroxyl groups excluding tert-OH is 1. The Bertz CT molecular complexity index is 2620. The predicted molar refractivity (Wildman–Crippen MR) is 376 cm³/mol. The third kappa shape index (κ3) is 26.4. The monoisotopic (exact) mass is 1380 g/mol. The number of hydrogen-bond donors (Lipinski definition) is 7. The Kier molecular flexibility index (Phi) is 36.4. The normalized spacial score (nSPS) is 26.3. The van der Waals surface area contributed by atoms with Crippen LogP contribution in [0.25, 0.3) is 0 Å². The van der Waals surface area contributed by atoms with E-state index in [1.807, 2.05) is 41.5 Å². The van der Waals surface area contributed by atoms with E-state index in [0.29, 0.717) is 25.0 Å². The molecule has 0 saturated carbocycles. The Morgan fingerprint density at radius 1 is 0.479 bits per heavy atom. The summed E-state index contributed by atoms with van der Waals surface area (Å²) in [4.78, 5) is 173. The summed E-state index contributed by atoms with van der Waals surface area (Å²) in [6.45, 7) is 32.3. The summed E-state index contributed by atoms with van der Waals surface area (Å²) >= 11 is 1.35. The molecule has 1 heterocycles. The SMILES string of the molecule is C/C=C/C[C@@H](C)[C@@H](O)[C@H]1C(=O)N[C@@H](CC)C(=O)N(C)[C@@H](CSCCCCC(C)(C)O)C(=O)N(C)[C@@H](CC(C)(C)O)C(=O)N[C@@H](C(C)C)C(=O)N(C)[C@@H](CC(C)C)C(=O)N[C@@H](C)C(=O)N[C@H](C)C(=O)N(C)[C@@H](CC(C)C)C(=O)N(C)[C@@H](CC(C)C)C(=O)N(C)[C@@H](C(C)C)C(=O)N1C. The van der Waals surface area contributed by atoms with Crippen molar-refractivity contribution < 1.29 is 68.1 Å². The maximum Gasteiger partial charge on any atom is 0.246 e. The van der Waals surface area contributed by atoms with Crippen LogP contribution in [0, 0.1) is 35.5 Å². The molecule has 0 aromatic rings. The number of carbonyl (C=O) groups is 11. The number of thioether (sulfide) groups is 1. The molecular weight excluding hydrogens is 1250 g/mol. The molecule has 0 bridgehead atoms. The van der Waals surface area contributed by atoms with Gasteiger partial charge in [0.25, 0.3) is 0 Å². The summed E-state index contributed by atoms with van der Waals surface area (Å²) < 4.78 is 0. The Morgan fingerprint density at radius 2 is 0.917 bits per heavy atom. The molecule has 13 atom stereocenters. The average Bonchev–Trinajstić information content (AvgIpc) is 0.818. The molecule has 25 nitrogen and oxygen atoms in total. The molecule has 0 aromatic carbocycles. The van der Waals surface area contributed by atoms with Gasteiger partial charge >= 0.3 is 0 Å². The fourth-order valence-corrected chi connectivity index (χ4v) is 13.1. The number of amides is 11. The van der Waals surface area contributed by atoms with Gasteiger partial charge in [0, 0.05) is 61.5 Å². The molecule has 1 rings (SSSR count). The van der Waals surface area contributed by atoms with Crippen LogP contribution >= 0.6 is 11.8 Å². The maximum atomic E-state index is 15.4. The first-order chi connectivity index (χ1) is 44.1. The minimum atomic E-state index is -1.67. The number of aliphatic hydroxyl groups is 3. The zero-order valence-electron chi connectivity index (χ0n) is 63.2. The summed E-state index contributed by atoms with van der Waals surface area (Å²) in [5.74, 6) is -9.99. The number of nitrogens with one attached hydrogen (secondary N) is 4. The summed E-state index contributed by atoms with van der Waals surface area (Å²) in [6.07, 6.45) is 4.04. The molecule has 0 radical (unpaired) electrons. The Labute approximate surface area is 579 Å². The fourth-order valence-electron chi connectivity index (χ4n) is 11.9. The van der Waals surface area contributed by atoms with Gasteiger partial charge in [-0.15, -0.1) is 0 Å². The maximum absolute atomic E-state index is 15.4. The van der Waals surface area contributed by atoms with Crippen molar-refractivity contribution in [1.82, 2.24) is 55.6 Å². The minimum absolute atomic E-state index is 0.0226. The molecule has 552 valence electrons. The quantitative estimate of drug-likeness (QED) is 0.0583. The lowest BCUT2D eigenvalue weighted by Crippen LogP contribution is -2.64. The Hall–Kier alpha value is -5.86. The molecular formula is C70H127N11O14S. The lowest BCUT2D eigenvalue weighted by molar-refractivity contribution is -0.157. The summed E-state index contributed by atoms with van der Waals surface area (Å²) in [7, 11) is 9.81. The lowest BCUT2D eigenvalue weighted by Gasteiger charge is -2.41. The van der Waals surface area contributed by atoms with Crippen molar-refractivity contribution >= 4 is 76.7 Å². The Morgan fingerprint density at radius 3 is 1.39 bits per heavy atom. The first kappa shape index (κ1) is 88.2. The minimum Gasteiger partial charge on any atom is -0.390 e. The molecule has 0 unspecified atom stereocenters. The third-order valence-corrected chi connectivity index (χ3v) is 19.1. The van der Waals surface area contributed by atoms with Crippen LogP contribution in [0.3, 0.4) is 0 Å². The second kappa shape index (κ2) is 39.7. The van der Waals surface area contributed by atoms with Gasteiger partial charge in [-0.1, -0.05) is 95.2 Å². The van der Waals surface area contributed by atoms with Gasteiger partial charge in [-0.25, -0.2) is 0 Å². The van der Waals surface area contributed by atoms with Crippen molar-refractivity contribution in [3.05, 3.63) is 12.2 Å². The number of nitrogens with zero attached hydrogens (tertiary/aromatic N) is 7. The molecule has 0 aliphatic carbocycles. The predicted octanol–water partition coefficient (Wildman–Crippen LogP) is 4.43. The van der Waals surface area contributed by atoms with E-state index < -0.39 is 166 Å². The summed E-state index contributed by atoms with van der Waals surface area (Å²) in [6, 6.07) is -14.5. The smallest absolute Gasteiger partial charge is 0.246 e. The van der Waals surface area contributed by atoms with Gasteiger partial charge in [0.15, 0.2) is 0 Å². The van der Waals surface area contributed by atoms with E-state index in [0.717, 1.165) is 9.80 Å². The van der Waals surface area contributed by atoms with E-state index in [1.54, 1.807) is 74.5 Å². The van der Waals surface area contributed by atoms with E-state index >= 15 is 28.8 Å². The van der Waals surface area contributed by atoms with Crippen LogP contribution < -0.4 is 21.3 Å². The number of likely N-dealkylation sites (N-methyl/N-ethyl adjacent to an activating group) is 7. The van der Waals surface area contributed by atoms with Crippen LogP contribution in [-0.4, -0.2) is 259 Å². The molecule has 26 heteroatoms. The van der Waals surface area contributed by atoms with Gasteiger partial charge in [0.2, 0.25) is 65.0 Å². The van der Waals surface area contributed by atoms with Crippen LogP contribution in [0.5, 0.6) is 0 Å². The molecule has 0 spiro atoms. The lowest BCUT2D eigenvalue weighted by atomic mass is 9.91. The highest BCUT2D eigenvalue weighted by molar-refractivity contribution is 7.99. The zero-order valence-corrected chi connectivity index (χ0v) is 64.0. The highest BCUT2D eigenvalue weighted by Gasteiger charge is 2.47. The number of carbonyl (C=O) groups excluding carboxylic acids is 11. The second-order valence-corrected chi connectivity index (χ2v) is 31.2. The number of hydrogen-bond acceptors (Lipinski definition) is 15. The molecule has 7 N–H and O–H groups in total. The largest absolute Gasteiger partial charge is 0.390 e. The topological polar surface area (TPSA) is 319 Å². The third-order valence-electron chi connectivity index (χ3n) is 18.0. The van der Waals surface area contributed by atoms with E-state index in [4.69, 9.17) is 0 Å². The highest BCUT2D eigenvalue weighted by Crippen LogP contribution is 2.27. The zero-order chi connectivity index (χ0) is 74.5. The first-order valence-corrected chi connectivity index (χ1v) is 35.7. The van der Waals surface area contributed by atoms with Gasteiger partial charge in [0.05, 0.1) is 17.3 Å². The molecule has 1 fully saturated rings. The van der Waals surface area contributed by atoms with Gasteiger partial charge in [-0.3, -0.25) is 52.7 Å². The Balaban J connectivity index is 4.58. The molecule has 0 aromatic heterocycles. The van der Waals surface area contributed by atoms with Gasteiger partial charge in [0.1, 0.15) is 66.5 Å². The number of rotatable bonds is 22. The van der Waals surface area contributed by atoms with Crippen LogP contribution in [0.4, 0.5) is 0 Å². The summed E-state index contributed by atoms with van der Waals surface area (Å²) in [5.41, 5.74) is -2.52. The van der Waals surface area contributed by atoms with Crippen LogP contribution in [0.1, 0.15) is 189 Å². The molecule has 1 saturated heterocycles. The number of unbranched alkanes of at least 4 members (excludes halogenated alkanes) is 1. The van der Waals surface area contributed by atoms with Crippen molar-refractivity contribution in [1.29, 1.82) is 0 Å². The van der Waals surface area contributed by atoms with Crippen molar-refractivity contribution in [2.45, 2.75) is 273 Å². The molecule has 96 heavy (non-hydrogen) atoms.